The summed E-state index contributed by atoms with van der Waals surface area (Å²) in [5, 5.41) is 2.35. The number of benzene rings is 2. The summed E-state index contributed by atoms with van der Waals surface area (Å²) in [5.74, 6) is -4.05. The highest BCUT2D eigenvalue weighted by molar-refractivity contribution is 6.32. The van der Waals surface area contributed by atoms with E-state index in [4.69, 9.17) is 23.2 Å². The van der Waals surface area contributed by atoms with Gasteiger partial charge in [0.25, 0.3) is 17.4 Å². The van der Waals surface area contributed by atoms with Gasteiger partial charge in [-0.1, -0.05) is 23.2 Å². The van der Waals surface area contributed by atoms with Crippen LogP contribution in [0.3, 0.4) is 0 Å². The van der Waals surface area contributed by atoms with Crippen LogP contribution in [0.15, 0.2) is 61.2 Å². The number of carbonyl (C=O) groups excluding carboxylic acids is 2. The number of amides is 2. The summed E-state index contributed by atoms with van der Waals surface area (Å²) in [7, 11) is 0. The van der Waals surface area contributed by atoms with Crippen LogP contribution in [0.25, 0.3) is 0 Å². The number of anilines is 2. The van der Waals surface area contributed by atoms with Crippen molar-refractivity contribution in [1.29, 1.82) is 0 Å². The number of aromatic nitrogens is 2. The Morgan fingerprint density at radius 1 is 1.08 bits per heavy atom. The summed E-state index contributed by atoms with van der Waals surface area (Å²) < 4.78 is 70.0. The molecule has 3 rings (SSSR count). The number of nitrogens with zero attached hydrogens (tertiary/aromatic N) is 3. The van der Waals surface area contributed by atoms with Gasteiger partial charge in [0.05, 0.1) is 5.69 Å². The molecule has 1 aromatic heterocycles. The first-order chi connectivity index (χ1) is 16.8. The molecule has 190 valence electrons. The molecule has 7 nitrogen and oxygen atoms in total. The molecule has 0 aliphatic rings. The lowest BCUT2D eigenvalue weighted by molar-refractivity contribution is -0.274. The van der Waals surface area contributed by atoms with Crippen LogP contribution in [0.4, 0.5) is 33.3 Å². The summed E-state index contributed by atoms with van der Waals surface area (Å²) in [6.45, 7) is 1.17. The van der Waals surface area contributed by atoms with Crippen molar-refractivity contribution in [2.24, 2.45) is 0 Å². The number of rotatable bonds is 7. The maximum atomic E-state index is 14.4. The molecule has 0 aliphatic heterocycles. The zero-order valence-corrected chi connectivity index (χ0v) is 19.6. The molecule has 0 unspecified atom stereocenters. The first-order valence-corrected chi connectivity index (χ1v) is 10.6. The van der Waals surface area contributed by atoms with Gasteiger partial charge in [0.1, 0.15) is 17.9 Å². The molecule has 3 aromatic rings. The van der Waals surface area contributed by atoms with Crippen LogP contribution in [0.2, 0.25) is 5.02 Å². The van der Waals surface area contributed by atoms with Crippen LogP contribution < -0.4 is 15.0 Å². The minimum Gasteiger partial charge on any atom is -0.406 e. The lowest BCUT2D eigenvalue weighted by Gasteiger charge is -2.40. The van der Waals surface area contributed by atoms with Crippen LogP contribution in [0.1, 0.15) is 12.5 Å². The summed E-state index contributed by atoms with van der Waals surface area (Å²) in [5.41, 5.74) is -5.47. The van der Waals surface area contributed by atoms with Gasteiger partial charge in [-0.2, -0.15) is 0 Å². The van der Waals surface area contributed by atoms with Gasteiger partial charge in [-0.25, -0.2) is 18.7 Å². The summed E-state index contributed by atoms with van der Waals surface area (Å²) in [4.78, 5) is 34.7. The van der Waals surface area contributed by atoms with E-state index in [9.17, 15) is 31.5 Å². The van der Waals surface area contributed by atoms with E-state index in [-0.39, 0.29) is 22.0 Å². The molecule has 1 heterocycles. The Hall–Kier alpha value is -3.51. The molecule has 36 heavy (non-hydrogen) atoms. The van der Waals surface area contributed by atoms with Crippen molar-refractivity contribution in [3.05, 3.63) is 77.6 Å². The maximum absolute atomic E-state index is 14.4. The molecule has 0 bridgehead atoms. The molecule has 2 atom stereocenters. The molecule has 14 heteroatoms. The fourth-order valence-electron chi connectivity index (χ4n) is 3.25. The Balaban J connectivity index is 2.15. The lowest BCUT2D eigenvalue weighted by Crippen LogP contribution is -2.57. The Kier molecular flexibility index (Phi) is 7.99. The van der Waals surface area contributed by atoms with E-state index in [1.54, 1.807) is 0 Å². The third kappa shape index (κ3) is 6.00. The van der Waals surface area contributed by atoms with E-state index in [0.717, 1.165) is 55.1 Å². The molecule has 0 fully saturated rings. The third-order valence-electron chi connectivity index (χ3n) is 4.93. The van der Waals surface area contributed by atoms with Crippen LogP contribution in [-0.4, -0.2) is 33.8 Å². The van der Waals surface area contributed by atoms with Crippen molar-refractivity contribution < 1.29 is 36.3 Å². The quantitative estimate of drug-likeness (QED) is 0.307. The van der Waals surface area contributed by atoms with E-state index >= 15 is 0 Å². The number of alkyl halides is 5. The van der Waals surface area contributed by atoms with Crippen LogP contribution >= 0.6 is 23.2 Å². The fourth-order valence-corrected chi connectivity index (χ4v) is 3.50. The fraction of sp³-hybridized carbons (Fsp3) is 0.182. The highest BCUT2D eigenvalue weighted by Crippen LogP contribution is 2.37. The molecule has 0 aliphatic carbocycles. The number of halogens is 7. The average molecular weight is 549 g/mol. The molecule has 0 spiro atoms. The summed E-state index contributed by atoms with van der Waals surface area (Å²) in [6, 6.07) is 7.05. The first kappa shape index (κ1) is 27.1. The van der Waals surface area contributed by atoms with E-state index in [2.05, 4.69) is 20.0 Å². The Labute approximate surface area is 210 Å². The van der Waals surface area contributed by atoms with Gasteiger partial charge in [-0.05, 0) is 49.4 Å². The largest absolute Gasteiger partial charge is 0.573 e. The zero-order valence-electron chi connectivity index (χ0n) is 18.1. The van der Waals surface area contributed by atoms with Gasteiger partial charge in [0, 0.05) is 28.7 Å². The monoisotopic (exact) mass is 548 g/mol. The minimum atomic E-state index is -4.99. The van der Waals surface area contributed by atoms with Crippen molar-refractivity contribution >= 4 is 46.4 Å². The molecule has 2 aromatic carbocycles. The first-order valence-electron chi connectivity index (χ1n) is 9.83. The predicted octanol–water partition coefficient (Wildman–Crippen LogP) is 5.59. The predicted molar refractivity (Wildman–Crippen MR) is 121 cm³/mol. The molecule has 0 saturated carbocycles. The van der Waals surface area contributed by atoms with Crippen molar-refractivity contribution in [3.63, 3.8) is 0 Å². The van der Waals surface area contributed by atoms with E-state index in [1.807, 2.05) is 0 Å². The van der Waals surface area contributed by atoms with Gasteiger partial charge in [-0.3, -0.25) is 14.5 Å². The molecule has 1 N–H and O–H groups in total. The SMILES string of the molecule is C[C@](C(=O)Nc1ccc(Cl)cc1F)(c1cncnc1)N(C(=O)[C@H](F)Cl)c1ccc(OC(F)(F)F)cc1. The Morgan fingerprint density at radius 3 is 2.22 bits per heavy atom. The topological polar surface area (TPSA) is 84.4 Å². The maximum Gasteiger partial charge on any atom is 0.573 e. The van der Waals surface area contributed by atoms with Crippen molar-refractivity contribution in [1.82, 2.24) is 9.97 Å². The van der Waals surface area contributed by atoms with E-state index in [0.29, 0.717) is 4.90 Å². The van der Waals surface area contributed by atoms with Crippen molar-refractivity contribution in [2.75, 3.05) is 10.2 Å². The highest BCUT2D eigenvalue weighted by atomic mass is 35.5. The normalized spacial score (nSPS) is 13.9. The average Bonchev–Trinajstić information content (AvgIpc) is 2.81. The number of nitrogens with one attached hydrogen (secondary N) is 1. The second-order valence-corrected chi connectivity index (χ2v) is 8.11. The molecule has 2 amide bonds. The number of carbonyl (C=O) groups is 2. The second-order valence-electron chi connectivity index (χ2n) is 7.29. The number of ether oxygens (including phenoxy) is 1. The zero-order chi connectivity index (χ0) is 26.7. The second kappa shape index (κ2) is 10.6. The Bertz CT molecular complexity index is 1250. The molecule has 0 saturated heterocycles. The Morgan fingerprint density at radius 2 is 1.69 bits per heavy atom. The van der Waals surface area contributed by atoms with Crippen LogP contribution in [-0.2, 0) is 15.1 Å². The third-order valence-corrected chi connectivity index (χ3v) is 5.35. The van der Waals surface area contributed by atoms with Gasteiger partial charge in [0.2, 0.25) is 0 Å². The van der Waals surface area contributed by atoms with E-state index in [1.165, 1.54) is 13.0 Å². The van der Waals surface area contributed by atoms with Crippen molar-refractivity contribution in [3.8, 4) is 5.75 Å². The highest BCUT2D eigenvalue weighted by Gasteiger charge is 2.47. The van der Waals surface area contributed by atoms with Crippen LogP contribution in [0.5, 0.6) is 5.75 Å². The summed E-state index contributed by atoms with van der Waals surface area (Å²) >= 11 is 11.2. The summed E-state index contributed by atoms with van der Waals surface area (Å²) in [6.07, 6.45) is -1.58. The van der Waals surface area contributed by atoms with E-state index < -0.39 is 40.9 Å². The molecular formula is C22H15Cl2F5N4O3. The van der Waals surface area contributed by atoms with Crippen molar-refractivity contribution in [2.45, 2.75) is 24.5 Å². The number of hydrogen-bond acceptors (Lipinski definition) is 5. The molecule has 0 radical (unpaired) electrons. The van der Waals surface area contributed by atoms with Gasteiger partial charge >= 0.3 is 6.36 Å². The van der Waals surface area contributed by atoms with Gasteiger partial charge in [0.15, 0.2) is 5.54 Å². The van der Waals surface area contributed by atoms with Gasteiger partial charge in [-0.15, -0.1) is 13.2 Å². The standard InChI is InChI=1S/C22H15Cl2F5N4O3/c1-21(12-9-30-11-31-10-12,20(35)32-17-7-2-13(23)8-16(17)25)33(19(34)18(24)26)14-3-5-15(6-4-14)36-22(27,28)29/h2-11,18H,1H3,(H,32,35)/t18-,21+/m0/s1. The van der Waals surface area contributed by atoms with Gasteiger partial charge < -0.3 is 10.1 Å². The lowest BCUT2D eigenvalue weighted by atomic mass is 9.89. The van der Waals surface area contributed by atoms with Crippen LogP contribution in [0, 0.1) is 5.82 Å². The number of hydrogen-bond donors (Lipinski definition) is 1. The molecular weight excluding hydrogens is 534 g/mol. The minimum absolute atomic E-state index is 0.0464. The smallest absolute Gasteiger partial charge is 0.406 e.